The van der Waals surface area contributed by atoms with Crippen LogP contribution in [0.3, 0.4) is 0 Å². The van der Waals surface area contributed by atoms with Gasteiger partial charge in [-0.05, 0) is 36.1 Å². The lowest BCUT2D eigenvalue weighted by Crippen LogP contribution is -2.03. The summed E-state index contributed by atoms with van der Waals surface area (Å²) in [5.74, 6) is 0.781. The molecule has 0 saturated heterocycles. The van der Waals surface area contributed by atoms with Crippen LogP contribution in [-0.4, -0.2) is 6.54 Å². The fraction of sp³-hybridized carbons (Fsp3) is 0.533. The zero-order chi connectivity index (χ0) is 13.4. The average molecular weight is 245 g/mol. The molecule has 1 aromatic carbocycles. The van der Waals surface area contributed by atoms with E-state index < -0.39 is 0 Å². The molecule has 3 N–H and O–H groups in total. The molecule has 18 heavy (non-hydrogen) atoms. The predicted octanol–water partition coefficient (Wildman–Crippen LogP) is 3.57. The van der Waals surface area contributed by atoms with Crippen LogP contribution in [0.5, 0.6) is 0 Å². The summed E-state index contributed by atoms with van der Waals surface area (Å²) in [5.41, 5.74) is 8.46. The van der Waals surface area contributed by atoms with Crippen LogP contribution in [0.25, 0.3) is 0 Å². The molecule has 0 amide bonds. The molecule has 0 spiro atoms. The average Bonchev–Trinajstić information content (AvgIpc) is 2.32. The van der Waals surface area contributed by atoms with Gasteiger partial charge >= 0.3 is 0 Å². The lowest BCUT2D eigenvalue weighted by Gasteiger charge is -2.09. The third-order valence-electron chi connectivity index (χ3n) is 2.95. The highest BCUT2D eigenvalue weighted by Crippen LogP contribution is 2.18. The SMILES string of the molecule is CC(C)CCCCNc1ccc(N)c(CC#N)c1. The van der Waals surface area contributed by atoms with Crippen molar-refractivity contribution >= 4 is 11.4 Å². The largest absolute Gasteiger partial charge is 0.398 e. The molecule has 98 valence electrons. The molecule has 0 aliphatic rings. The van der Waals surface area contributed by atoms with Gasteiger partial charge in [0.2, 0.25) is 0 Å². The van der Waals surface area contributed by atoms with Gasteiger partial charge in [0.15, 0.2) is 0 Å². The van der Waals surface area contributed by atoms with E-state index in [1.54, 1.807) is 0 Å². The van der Waals surface area contributed by atoms with Gasteiger partial charge in [-0.15, -0.1) is 0 Å². The number of unbranched alkanes of at least 4 members (excludes halogenated alkanes) is 1. The first-order valence-corrected chi connectivity index (χ1v) is 6.62. The van der Waals surface area contributed by atoms with E-state index in [0.29, 0.717) is 12.1 Å². The second-order valence-corrected chi connectivity index (χ2v) is 5.06. The third kappa shape index (κ3) is 5.09. The van der Waals surface area contributed by atoms with Gasteiger partial charge in [-0.1, -0.05) is 26.7 Å². The molecular formula is C15H23N3. The Hall–Kier alpha value is -1.69. The molecule has 0 saturated carbocycles. The summed E-state index contributed by atoms with van der Waals surface area (Å²) in [7, 11) is 0. The summed E-state index contributed by atoms with van der Waals surface area (Å²) in [6.45, 7) is 5.48. The van der Waals surface area contributed by atoms with E-state index in [2.05, 4.69) is 25.2 Å². The van der Waals surface area contributed by atoms with Crippen molar-refractivity contribution in [1.29, 1.82) is 5.26 Å². The van der Waals surface area contributed by atoms with Crippen LogP contribution in [0.4, 0.5) is 11.4 Å². The Morgan fingerprint density at radius 2 is 2.11 bits per heavy atom. The molecule has 1 rings (SSSR count). The van der Waals surface area contributed by atoms with Crippen LogP contribution in [0, 0.1) is 17.2 Å². The van der Waals surface area contributed by atoms with Gasteiger partial charge in [0.1, 0.15) is 0 Å². The van der Waals surface area contributed by atoms with E-state index in [4.69, 9.17) is 11.0 Å². The molecule has 0 aliphatic heterocycles. The van der Waals surface area contributed by atoms with Crippen molar-refractivity contribution in [3.63, 3.8) is 0 Å². The van der Waals surface area contributed by atoms with Crippen molar-refractivity contribution in [2.24, 2.45) is 5.92 Å². The third-order valence-corrected chi connectivity index (χ3v) is 2.95. The maximum atomic E-state index is 8.71. The Morgan fingerprint density at radius 1 is 1.33 bits per heavy atom. The van der Waals surface area contributed by atoms with Gasteiger partial charge in [-0.3, -0.25) is 0 Å². The minimum atomic E-state index is 0.370. The minimum absolute atomic E-state index is 0.370. The molecule has 0 fully saturated rings. The van der Waals surface area contributed by atoms with Gasteiger partial charge in [0.25, 0.3) is 0 Å². The molecular weight excluding hydrogens is 222 g/mol. The molecule has 0 bridgehead atoms. The monoisotopic (exact) mass is 245 g/mol. The number of nitriles is 1. The van der Waals surface area contributed by atoms with Crippen LogP contribution in [0.15, 0.2) is 18.2 Å². The summed E-state index contributed by atoms with van der Waals surface area (Å²) in [5, 5.41) is 12.1. The number of hydrogen-bond acceptors (Lipinski definition) is 3. The first kappa shape index (κ1) is 14.4. The molecule has 1 aromatic rings. The van der Waals surface area contributed by atoms with Crippen molar-refractivity contribution in [3.05, 3.63) is 23.8 Å². The van der Waals surface area contributed by atoms with Gasteiger partial charge in [0, 0.05) is 17.9 Å². The number of anilines is 2. The number of rotatable bonds is 7. The standard InChI is InChI=1S/C15H23N3/c1-12(2)5-3-4-10-18-14-6-7-15(17)13(11-14)8-9-16/h6-7,11-12,18H,3-5,8,10,17H2,1-2H3. The van der Waals surface area contributed by atoms with Gasteiger partial charge in [-0.25, -0.2) is 0 Å². The highest BCUT2D eigenvalue weighted by Gasteiger charge is 2.00. The quantitative estimate of drug-likeness (QED) is 0.570. The molecule has 0 atom stereocenters. The summed E-state index contributed by atoms with van der Waals surface area (Å²) < 4.78 is 0. The van der Waals surface area contributed by atoms with Crippen molar-refractivity contribution in [2.45, 2.75) is 39.5 Å². The highest BCUT2D eigenvalue weighted by atomic mass is 14.9. The fourth-order valence-corrected chi connectivity index (χ4v) is 1.86. The smallest absolute Gasteiger partial charge is 0.0670 e. The Bertz CT molecular complexity index is 405. The Balaban J connectivity index is 2.38. The van der Waals surface area contributed by atoms with Crippen LogP contribution < -0.4 is 11.1 Å². The number of hydrogen-bond donors (Lipinski definition) is 2. The molecule has 0 aromatic heterocycles. The summed E-state index contributed by atoms with van der Waals surface area (Å²) >= 11 is 0. The van der Waals surface area contributed by atoms with E-state index in [-0.39, 0.29) is 0 Å². The maximum Gasteiger partial charge on any atom is 0.0670 e. The molecule has 3 heteroatoms. The minimum Gasteiger partial charge on any atom is -0.398 e. The molecule has 0 unspecified atom stereocenters. The van der Waals surface area contributed by atoms with Gasteiger partial charge < -0.3 is 11.1 Å². The second kappa shape index (κ2) is 7.60. The van der Waals surface area contributed by atoms with Gasteiger partial charge in [0.05, 0.1) is 12.5 Å². The highest BCUT2D eigenvalue weighted by molar-refractivity contribution is 5.57. The molecule has 0 radical (unpaired) electrons. The number of benzene rings is 1. The first-order valence-electron chi connectivity index (χ1n) is 6.62. The van der Waals surface area contributed by atoms with E-state index in [1.165, 1.54) is 19.3 Å². The van der Waals surface area contributed by atoms with E-state index in [9.17, 15) is 0 Å². The second-order valence-electron chi connectivity index (χ2n) is 5.06. The molecule has 3 nitrogen and oxygen atoms in total. The number of nitrogens with zero attached hydrogens (tertiary/aromatic N) is 1. The Morgan fingerprint density at radius 3 is 2.78 bits per heavy atom. The predicted molar refractivity (Wildman–Crippen MR) is 77.4 cm³/mol. The van der Waals surface area contributed by atoms with E-state index in [0.717, 1.165) is 23.7 Å². The normalized spacial score (nSPS) is 10.3. The number of nitrogen functional groups attached to an aromatic ring is 1. The summed E-state index contributed by atoms with van der Waals surface area (Å²) in [4.78, 5) is 0. The summed E-state index contributed by atoms with van der Waals surface area (Å²) in [6.07, 6.45) is 4.08. The Labute approximate surface area is 110 Å². The van der Waals surface area contributed by atoms with Crippen LogP contribution in [0.2, 0.25) is 0 Å². The van der Waals surface area contributed by atoms with E-state index >= 15 is 0 Å². The van der Waals surface area contributed by atoms with Gasteiger partial charge in [-0.2, -0.15) is 5.26 Å². The van der Waals surface area contributed by atoms with Crippen LogP contribution >= 0.6 is 0 Å². The zero-order valence-corrected chi connectivity index (χ0v) is 11.4. The zero-order valence-electron chi connectivity index (χ0n) is 11.4. The number of nitrogens with two attached hydrogens (primary N) is 1. The topological polar surface area (TPSA) is 61.8 Å². The number of nitrogens with one attached hydrogen (secondary N) is 1. The van der Waals surface area contributed by atoms with E-state index in [1.807, 2.05) is 18.2 Å². The fourth-order valence-electron chi connectivity index (χ4n) is 1.86. The van der Waals surface area contributed by atoms with Crippen LogP contribution in [0.1, 0.15) is 38.7 Å². The molecule has 0 heterocycles. The van der Waals surface area contributed by atoms with Crippen molar-refractivity contribution < 1.29 is 0 Å². The Kier molecular flexibility index (Phi) is 6.07. The van der Waals surface area contributed by atoms with Crippen LogP contribution in [-0.2, 0) is 6.42 Å². The summed E-state index contributed by atoms with van der Waals surface area (Å²) in [6, 6.07) is 7.94. The first-order chi connectivity index (χ1) is 8.63. The van der Waals surface area contributed by atoms with Crippen molar-refractivity contribution in [1.82, 2.24) is 0 Å². The van der Waals surface area contributed by atoms with Crippen molar-refractivity contribution in [2.75, 3.05) is 17.6 Å². The van der Waals surface area contributed by atoms with Crippen molar-refractivity contribution in [3.8, 4) is 6.07 Å². The lowest BCUT2D eigenvalue weighted by molar-refractivity contribution is 0.545. The maximum absolute atomic E-state index is 8.71. The lowest BCUT2D eigenvalue weighted by atomic mass is 10.1. The molecule has 0 aliphatic carbocycles.